The minimum Gasteiger partial charge on any atom is -0.348 e. The van der Waals surface area contributed by atoms with E-state index in [4.69, 9.17) is 5.84 Å². The van der Waals surface area contributed by atoms with Crippen molar-refractivity contribution in [1.29, 1.82) is 0 Å². The molecule has 8 heteroatoms. The van der Waals surface area contributed by atoms with Crippen molar-refractivity contribution in [1.82, 2.24) is 5.32 Å². The minimum atomic E-state index is -2.71. The van der Waals surface area contributed by atoms with E-state index in [1.165, 1.54) is 19.1 Å². The van der Waals surface area contributed by atoms with Gasteiger partial charge in [0.05, 0.1) is 18.3 Å². The van der Waals surface area contributed by atoms with E-state index in [0.29, 0.717) is 24.2 Å². The van der Waals surface area contributed by atoms with Crippen LogP contribution in [0.5, 0.6) is 0 Å². The Morgan fingerprint density at radius 1 is 1.36 bits per heavy atom. The fraction of sp³-hybridized carbons (Fsp3) is 0.450. The third-order valence-corrected chi connectivity index (χ3v) is 4.49. The first-order valence-corrected chi connectivity index (χ1v) is 9.12. The molecule has 152 valence electrons. The van der Waals surface area contributed by atoms with Gasteiger partial charge in [-0.25, -0.2) is 13.2 Å². The van der Waals surface area contributed by atoms with Crippen LogP contribution in [-0.4, -0.2) is 29.9 Å². The number of alkyl halides is 2. The Hall–Kier alpha value is -2.64. The van der Waals surface area contributed by atoms with E-state index < -0.39 is 12.2 Å². The number of nitrogens with two attached hydrogens (primary N) is 1. The van der Waals surface area contributed by atoms with Gasteiger partial charge in [0.1, 0.15) is 11.5 Å². The first kappa shape index (κ1) is 21.7. The molecule has 1 fully saturated rings. The number of halogens is 3. The quantitative estimate of drug-likeness (QED) is 0.438. The summed E-state index contributed by atoms with van der Waals surface area (Å²) in [5.41, 5.74) is 2.39. The summed E-state index contributed by atoms with van der Waals surface area (Å²) in [7, 11) is 0. The summed E-state index contributed by atoms with van der Waals surface area (Å²) in [5, 5.41) is 6.62. The average molecular weight is 394 g/mol. The Labute approximate surface area is 162 Å². The van der Waals surface area contributed by atoms with Gasteiger partial charge in [-0.1, -0.05) is 11.6 Å². The highest BCUT2D eigenvalue weighted by atomic mass is 19.3. The van der Waals surface area contributed by atoms with Crippen molar-refractivity contribution in [2.45, 2.75) is 52.0 Å². The number of hydrogen-bond acceptors (Lipinski definition) is 4. The van der Waals surface area contributed by atoms with Gasteiger partial charge in [0.2, 0.25) is 5.91 Å². The van der Waals surface area contributed by atoms with Crippen LogP contribution >= 0.6 is 0 Å². The van der Waals surface area contributed by atoms with Crippen LogP contribution in [0.4, 0.5) is 13.2 Å². The van der Waals surface area contributed by atoms with Crippen LogP contribution in [0.1, 0.15) is 50.7 Å². The maximum atomic E-state index is 13.5. The summed E-state index contributed by atoms with van der Waals surface area (Å²) in [6.45, 7) is 3.65. The van der Waals surface area contributed by atoms with Crippen molar-refractivity contribution in [2.24, 2.45) is 15.9 Å². The second kappa shape index (κ2) is 10.1. The lowest BCUT2D eigenvalue weighted by atomic mass is 9.91. The van der Waals surface area contributed by atoms with Crippen LogP contribution in [0.2, 0.25) is 0 Å². The van der Waals surface area contributed by atoms with Crippen molar-refractivity contribution in [3.8, 4) is 0 Å². The number of nitrogens with zero attached hydrogens (tertiary/aromatic N) is 2. The van der Waals surface area contributed by atoms with E-state index in [1.54, 1.807) is 0 Å². The lowest BCUT2D eigenvalue weighted by Crippen LogP contribution is -2.46. The van der Waals surface area contributed by atoms with Crippen molar-refractivity contribution in [2.75, 3.05) is 6.54 Å². The molecule has 1 aliphatic rings. The molecule has 0 heterocycles. The topological polar surface area (TPSA) is 79.8 Å². The molecule has 3 N–H and O–H groups in total. The molecule has 1 atom stereocenters. The zero-order valence-electron chi connectivity index (χ0n) is 16.0. The molecule has 2 rings (SSSR count). The summed E-state index contributed by atoms with van der Waals surface area (Å²) >= 11 is 0. The number of carbonyl (C=O) groups excluding carboxylic acids is 1. The summed E-state index contributed by atoms with van der Waals surface area (Å²) in [6, 6.07) is 3.18. The second-order valence-electron chi connectivity index (χ2n) is 6.87. The molecule has 5 nitrogen and oxygen atoms in total. The highest BCUT2D eigenvalue weighted by Crippen LogP contribution is 2.22. The van der Waals surface area contributed by atoms with E-state index in [0.717, 1.165) is 36.6 Å². The van der Waals surface area contributed by atoms with E-state index in [9.17, 15) is 18.0 Å². The molecule has 1 aromatic rings. The fourth-order valence-electron chi connectivity index (χ4n) is 3.26. The Kier molecular flexibility index (Phi) is 7.78. The predicted octanol–water partition coefficient (Wildman–Crippen LogP) is 3.70. The third-order valence-electron chi connectivity index (χ3n) is 4.49. The molecular formula is C20H25F3N4O. The maximum Gasteiger partial charge on any atom is 0.263 e. The van der Waals surface area contributed by atoms with Crippen molar-refractivity contribution < 1.29 is 18.0 Å². The van der Waals surface area contributed by atoms with Crippen molar-refractivity contribution >= 4 is 17.3 Å². The maximum absolute atomic E-state index is 13.5. The summed E-state index contributed by atoms with van der Waals surface area (Å²) in [6.07, 6.45) is 1.86. The molecule has 28 heavy (non-hydrogen) atoms. The fourth-order valence-corrected chi connectivity index (χ4v) is 3.26. The van der Waals surface area contributed by atoms with Gasteiger partial charge in [-0.05, 0) is 56.4 Å². The number of benzene rings is 1. The first-order chi connectivity index (χ1) is 13.3. The molecule has 0 bridgehead atoms. The molecule has 0 saturated heterocycles. The van der Waals surface area contributed by atoms with Crippen LogP contribution < -0.4 is 11.2 Å². The number of amides is 1. The number of hydrogen-bond donors (Lipinski definition) is 2. The Morgan fingerprint density at radius 3 is 2.75 bits per heavy atom. The van der Waals surface area contributed by atoms with E-state index in [1.807, 2.05) is 13.0 Å². The Balaban J connectivity index is 2.05. The predicted molar refractivity (Wildman–Crippen MR) is 104 cm³/mol. The number of carbonyl (C=O) groups is 1. The van der Waals surface area contributed by atoms with Gasteiger partial charge < -0.3 is 11.2 Å². The second-order valence-corrected chi connectivity index (χ2v) is 6.87. The number of aliphatic imine (C=N–C) groups is 1. The van der Waals surface area contributed by atoms with Gasteiger partial charge in [0, 0.05) is 12.5 Å². The molecule has 1 amide bonds. The number of rotatable bonds is 6. The standard InChI is InChI=1S/C20H25F3N4O/c1-12(8-14-9-15(20(22)23)11-16(21)10-14)6-7-25-17-4-3-5-18(19(17)27-24)26-13(2)28/h6,9-11,18,20H,3-5,7-8,24H2,1-2H3,(H,26,28)/b12-6+,25-17?,27-19+. The number of hydrazone groups is 1. The molecule has 1 aliphatic carbocycles. The van der Waals surface area contributed by atoms with E-state index >= 15 is 0 Å². The normalized spacial score (nSPS) is 20.8. The number of nitrogens with one attached hydrogen (secondary N) is 1. The summed E-state index contributed by atoms with van der Waals surface area (Å²) in [4.78, 5) is 15.8. The zero-order valence-corrected chi connectivity index (χ0v) is 16.0. The highest BCUT2D eigenvalue weighted by Gasteiger charge is 2.26. The smallest absolute Gasteiger partial charge is 0.263 e. The van der Waals surface area contributed by atoms with Crippen LogP contribution in [0, 0.1) is 5.82 Å². The van der Waals surface area contributed by atoms with Crippen LogP contribution in [-0.2, 0) is 11.2 Å². The monoisotopic (exact) mass is 394 g/mol. The zero-order chi connectivity index (χ0) is 20.7. The molecule has 1 aromatic carbocycles. The molecular weight excluding hydrogens is 369 g/mol. The molecule has 1 unspecified atom stereocenters. The van der Waals surface area contributed by atoms with Gasteiger partial charge >= 0.3 is 0 Å². The summed E-state index contributed by atoms with van der Waals surface area (Å²) < 4.78 is 39.1. The Morgan fingerprint density at radius 2 is 2.11 bits per heavy atom. The van der Waals surface area contributed by atoms with Gasteiger partial charge in [0.15, 0.2) is 0 Å². The minimum absolute atomic E-state index is 0.151. The van der Waals surface area contributed by atoms with Gasteiger partial charge in [-0.15, -0.1) is 0 Å². The van der Waals surface area contributed by atoms with Gasteiger partial charge in [-0.3, -0.25) is 9.79 Å². The van der Waals surface area contributed by atoms with Gasteiger partial charge in [0.25, 0.3) is 6.43 Å². The third kappa shape index (κ3) is 6.21. The largest absolute Gasteiger partial charge is 0.348 e. The van der Waals surface area contributed by atoms with Gasteiger partial charge in [-0.2, -0.15) is 5.10 Å². The van der Waals surface area contributed by atoms with Crippen LogP contribution in [0.3, 0.4) is 0 Å². The van der Waals surface area contributed by atoms with E-state index in [2.05, 4.69) is 15.4 Å². The molecule has 0 spiro atoms. The highest BCUT2D eigenvalue weighted by molar-refractivity contribution is 6.44. The SMILES string of the molecule is CC(=O)NC1CCCC(=NC/C=C(\C)Cc2cc(F)cc(C(F)F)c2)/C1=N\N. The molecule has 0 radical (unpaired) electrons. The molecule has 0 aromatic heterocycles. The Bertz CT molecular complexity index is 803. The first-order valence-electron chi connectivity index (χ1n) is 9.12. The van der Waals surface area contributed by atoms with Crippen molar-refractivity contribution in [3.05, 3.63) is 46.8 Å². The van der Waals surface area contributed by atoms with Crippen molar-refractivity contribution in [3.63, 3.8) is 0 Å². The lowest BCUT2D eigenvalue weighted by Gasteiger charge is -2.25. The van der Waals surface area contributed by atoms with Crippen LogP contribution in [0.15, 0.2) is 39.9 Å². The average Bonchev–Trinajstić information content (AvgIpc) is 2.60. The van der Waals surface area contributed by atoms with Crippen LogP contribution in [0.25, 0.3) is 0 Å². The molecule has 1 saturated carbocycles. The summed E-state index contributed by atoms with van der Waals surface area (Å²) in [5.74, 6) is 4.67. The molecule has 0 aliphatic heterocycles. The van der Waals surface area contributed by atoms with E-state index in [-0.39, 0.29) is 17.5 Å². The number of allylic oxidation sites excluding steroid dienone is 1. The lowest BCUT2D eigenvalue weighted by molar-refractivity contribution is -0.119.